The van der Waals surface area contributed by atoms with Crippen LogP contribution in [0, 0.1) is 3.57 Å². The van der Waals surface area contributed by atoms with Crippen LogP contribution in [0.2, 0.25) is 0 Å². The molecule has 0 saturated carbocycles. The molecule has 8 heteroatoms. The molecule has 4 aromatic carbocycles. The molecule has 6 nitrogen and oxygen atoms in total. The number of thioether (sulfide) groups is 1. The third-order valence-electron chi connectivity index (χ3n) is 5.86. The van der Waals surface area contributed by atoms with Gasteiger partial charge in [-0.25, -0.2) is 4.99 Å². The summed E-state index contributed by atoms with van der Waals surface area (Å²) in [6, 6.07) is 25.9. The molecule has 1 fully saturated rings. The number of carbonyl (C=O) groups excluding carboxylic acids is 1. The van der Waals surface area contributed by atoms with Crippen LogP contribution < -0.4 is 19.5 Å². The van der Waals surface area contributed by atoms with Gasteiger partial charge >= 0.3 is 0 Å². The SMILES string of the molecule is CCOc1ccc(N=C2NC(=O)/C(=C\c3cc(I)c(OCc4ccc5ccccc5c4)c(OCC)c3)S2)cc1. The molecule has 1 aliphatic heterocycles. The Bertz CT molecular complexity index is 1570. The van der Waals surface area contributed by atoms with Crippen molar-refractivity contribution in [2.45, 2.75) is 20.5 Å². The lowest BCUT2D eigenvalue weighted by atomic mass is 10.1. The topological polar surface area (TPSA) is 69.2 Å². The maximum atomic E-state index is 12.7. The third kappa shape index (κ3) is 6.75. The molecule has 0 radical (unpaired) electrons. The summed E-state index contributed by atoms with van der Waals surface area (Å²) in [7, 11) is 0. The predicted octanol–water partition coefficient (Wildman–Crippen LogP) is 7.71. The van der Waals surface area contributed by atoms with Gasteiger partial charge in [0.25, 0.3) is 5.91 Å². The van der Waals surface area contributed by atoms with Gasteiger partial charge in [0.05, 0.1) is 27.4 Å². The monoisotopic (exact) mass is 650 g/mol. The van der Waals surface area contributed by atoms with Gasteiger partial charge in [-0.2, -0.15) is 0 Å². The molecule has 0 unspecified atom stereocenters. The summed E-state index contributed by atoms with van der Waals surface area (Å²) in [5.74, 6) is 1.93. The van der Waals surface area contributed by atoms with Crippen molar-refractivity contribution in [1.29, 1.82) is 0 Å². The zero-order valence-corrected chi connectivity index (χ0v) is 24.5. The number of ether oxygens (including phenoxy) is 3. The molecule has 0 aliphatic carbocycles. The second-order valence-electron chi connectivity index (χ2n) is 8.64. The highest BCUT2D eigenvalue weighted by Crippen LogP contribution is 2.37. The van der Waals surface area contributed by atoms with Crippen LogP contribution >= 0.6 is 34.4 Å². The molecule has 1 saturated heterocycles. The molecule has 4 aromatic rings. The average molecular weight is 651 g/mol. The second kappa shape index (κ2) is 12.6. The van der Waals surface area contributed by atoms with E-state index in [1.165, 1.54) is 22.5 Å². The van der Waals surface area contributed by atoms with Gasteiger partial charge in [0.1, 0.15) is 12.4 Å². The minimum Gasteiger partial charge on any atom is -0.494 e. The minimum absolute atomic E-state index is 0.186. The van der Waals surface area contributed by atoms with E-state index in [9.17, 15) is 4.79 Å². The minimum atomic E-state index is -0.186. The number of hydrogen-bond donors (Lipinski definition) is 1. The molecule has 0 spiro atoms. The molecule has 0 aromatic heterocycles. The Labute approximate surface area is 245 Å². The first-order valence-corrected chi connectivity index (χ1v) is 14.5. The molecule has 198 valence electrons. The zero-order valence-electron chi connectivity index (χ0n) is 21.6. The van der Waals surface area contributed by atoms with Gasteiger partial charge in [-0.3, -0.25) is 4.79 Å². The van der Waals surface area contributed by atoms with Crippen molar-refractivity contribution in [2.24, 2.45) is 4.99 Å². The summed E-state index contributed by atoms with van der Waals surface area (Å²) in [5.41, 5.74) is 2.67. The van der Waals surface area contributed by atoms with Crippen molar-refractivity contribution in [3.05, 3.63) is 98.5 Å². The molecule has 1 amide bonds. The highest BCUT2D eigenvalue weighted by atomic mass is 127. The number of benzene rings is 4. The van der Waals surface area contributed by atoms with Crippen LogP contribution in [-0.4, -0.2) is 24.3 Å². The van der Waals surface area contributed by atoms with Gasteiger partial charge in [-0.15, -0.1) is 0 Å². The van der Waals surface area contributed by atoms with Crippen molar-refractivity contribution >= 4 is 68.0 Å². The van der Waals surface area contributed by atoms with E-state index in [0.717, 1.165) is 26.1 Å². The number of carbonyl (C=O) groups is 1. The molecule has 1 heterocycles. The van der Waals surface area contributed by atoms with E-state index in [1.54, 1.807) is 0 Å². The predicted molar refractivity (Wildman–Crippen MR) is 167 cm³/mol. The molecule has 1 aliphatic rings. The summed E-state index contributed by atoms with van der Waals surface area (Å²) >= 11 is 3.56. The lowest BCUT2D eigenvalue weighted by molar-refractivity contribution is -0.115. The van der Waals surface area contributed by atoms with Gasteiger partial charge in [-0.05, 0) is 119 Å². The van der Waals surface area contributed by atoms with Crippen LogP contribution in [-0.2, 0) is 11.4 Å². The van der Waals surface area contributed by atoms with Crippen molar-refractivity contribution in [2.75, 3.05) is 13.2 Å². The Hall–Kier alpha value is -3.50. The Morgan fingerprint density at radius 3 is 2.44 bits per heavy atom. The number of fused-ring (bicyclic) bond motifs is 1. The lowest BCUT2D eigenvalue weighted by Gasteiger charge is -2.15. The summed E-state index contributed by atoms with van der Waals surface area (Å²) in [4.78, 5) is 17.8. The summed E-state index contributed by atoms with van der Waals surface area (Å²) in [6.07, 6.45) is 1.85. The summed E-state index contributed by atoms with van der Waals surface area (Å²) in [5, 5.41) is 5.76. The number of amidine groups is 1. The van der Waals surface area contributed by atoms with E-state index < -0.39 is 0 Å². The van der Waals surface area contributed by atoms with E-state index in [0.29, 0.717) is 41.4 Å². The molecule has 39 heavy (non-hydrogen) atoms. The van der Waals surface area contributed by atoms with Crippen LogP contribution in [0.25, 0.3) is 16.8 Å². The van der Waals surface area contributed by atoms with E-state index >= 15 is 0 Å². The van der Waals surface area contributed by atoms with Crippen LogP contribution in [0.15, 0.2) is 88.8 Å². The van der Waals surface area contributed by atoms with E-state index in [1.807, 2.05) is 68.5 Å². The van der Waals surface area contributed by atoms with Crippen LogP contribution in [0.4, 0.5) is 5.69 Å². The summed E-state index contributed by atoms with van der Waals surface area (Å²) < 4.78 is 18.6. The molecular weight excluding hydrogens is 623 g/mol. The van der Waals surface area contributed by atoms with Gasteiger partial charge in [0, 0.05) is 0 Å². The maximum absolute atomic E-state index is 12.7. The number of rotatable bonds is 9. The fourth-order valence-electron chi connectivity index (χ4n) is 4.09. The zero-order chi connectivity index (χ0) is 27.2. The largest absolute Gasteiger partial charge is 0.494 e. The van der Waals surface area contributed by atoms with Crippen LogP contribution in [0.1, 0.15) is 25.0 Å². The fourth-order valence-corrected chi connectivity index (χ4v) is 5.71. The number of aliphatic imine (C=N–C) groups is 1. The molecule has 1 N–H and O–H groups in total. The highest BCUT2D eigenvalue weighted by molar-refractivity contribution is 14.1. The Morgan fingerprint density at radius 2 is 1.67 bits per heavy atom. The summed E-state index contributed by atoms with van der Waals surface area (Å²) in [6.45, 7) is 5.41. The standard InChI is InChI=1S/C31H27IN2O4S/c1-3-36-25-13-11-24(12-14-25)33-31-34-30(35)28(39-31)18-21-16-26(32)29(27(17-21)37-4-2)38-19-20-9-10-22-7-5-6-8-23(22)15-20/h5-18H,3-4,19H2,1-2H3,(H,33,34,35)/b28-18+. The Morgan fingerprint density at radius 1 is 0.897 bits per heavy atom. The normalized spacial score (nSPS) is 15.1. The Kier molecular flexibility index (Phi) is 8.73. The number of hydrogen-bond acceptors (Lipinski definition) is 6. The van der Waals surface area contributed by atoms with Crippen molar-refractivity contribution in [1.82, 2.24) is 5.32 Å². The Balaban J connectivity index is 1.33. The lowest BCUT2D eigenvalue weighted by Crippen LogP contribution is -2.19. The molecule has 0 atom stereocenters. The quantitative estimate of drug-likeness (QED) is 0.149. The molecular formula is C31H27IN2O4S. The first-order valence-electron chi connectivity index (χ1n) is 12.6. The number of amides is 1. The second-order valence-corrected chi connectivity index (χ2v) is 10.8. The van der Waals surface area contributed by atoms with E-state index in [-0.39, 0.29) is 5.91 Å². The average Bonchev–Trinajstić information content (AvgIpc) is 3.27. The number of halogens is 1. The van der Waals surface area contributed by atoms with E-state index in [4.69, 9.17) is 14.2 Å². The van der Waals surface area contributed by atoms with Crippen LogP contribution in [0.5, 0.6) is 17.2 Å². The fraction of sp³-hybridized carbons (Fsp3) is 0.161. The molecule has 0 bridgehead atoms. The first-order chi connectivity index (χ1) is 19.0. The van der Waals surface area contributed by atoms with Crippen LogP contribution in [0.3, 0.4) is 0 Å². The van der Waals surface area contributed by atoms with Gasteiger partial charge in [0.15, 0.2) is 16.7 Å². The smallest absolute Gasteiger partial charge is 0.264 e. The number of nitrogens with zero attached hydrogens (tertiary/aromatic N) is 1. The van der Waals surface area contributed by atoms with Gasteiger partial charge in [-0.1, -0.05) is 36.4 Å². The van der Waals surface area contributed by atoms with Crippen molar-refractivity contribution in [3.63, 3.8) is 0 Å². The van der Waals surface area contributed by atoms with E-state index in [2.05, 4.69) is 63.2 Å². The van der Waals surface area contributed by atoms with Gasteiger partial charge < -0.3 is 19.5 Å². The maximum Gasteiger partial charge on any atom is 0.264 e. The third-order valence-corrected chi connectivity index (χ3v) is 7.57. The molecule has 5 rings (SSSR count). The number of nitrogens with one attached hydrogen (secondary N) is 1. The van der Waals surface area contributed by atoms with Crippen molar-refractivity contribution < 1.29 is 19.0 Å². The van der Waals surface area contributed by atoms with Crippen molar-refractivity contribution in [3.8, 4) is 17.2 Å². The van der Waals surface area contributed by atoms with Gasteiger partial charge in [0.2, 0.25) is 0 Å². The highest BCUT2D eigenvalue weighted by Gasteiger charge is 2.24. The first kappa shape index (κ1) is 27.1.